The molecule has 1 aromatic rings. The predicted molar refractivity (Wildman–Crippen MR) is 70.4 cm³/mol. The second-order valence-corrected chi connectivity index (χ2v) is 5.06. The molecule has 0 radical (unpaired) electrons. The molecule has 6 heteroatoms. The van der Waals surface area contributed by atoms with E-state index in [9.17, 15) is 18.7 Å². The second-order valence-electron chi connectivity index (χ2n) is 5.06. The van der Waals surface area contributed by atoms with E-state index in [1.807, 2.05) is 0 Å². The lowest BCUT2D eigenvalue weighted by atomic mass is 9.88. The van der Waals surface area contributed by atoms with Crippen molar-refractivity contribution in [1.29, 1.82) is 0 Å². The summed E-state index contributed by atoms with van der Waals surface area (Å²) < 4.78 is 28.0. The molecule has 110 valence electrons. The maximum absolute atomic E-state index is 14.0. The van der Waals surface area contributed by atoms with E-state index in [4.69, 9.17) is 0 Å². The van der Waals surface area contributed by atoms with Crippen LogP contribution in [0.2, 0.25) is 0 Å². The van der Waals surface area contributed by atoms with Crippen LogP contribution in [0.15, 0.2) is 18.2 Å². The van der Waals surface area contributed by atoms with E-state index in [0.29, 0.717) is 19.6 Å². The van der Waals surface area contributed by atoms with Crippen LogP contribution in [0.1, 0.15) is 18.9 Å². The molecule has 0 saturated carbocycles. The highest BCUT2D eigenvalue weighted by atomic mass is 19.1. The number of rotatable bonds is 3. The van der Waals surface area contributed by atoms with Gasteiger partial charge >= 0.3 is 5.97 Å². The molecule has 0 amide bonds. The Bertz CT molecular complexity index is 482. The van der Waals surface area contributed by atoms with Crippen molar-refractivity contribution in [3.8, 4) is 0 Å². The van der Waals surface area contributed by atoms with E-state index in [-0.39, 0.29) is 0 Å². The maximum atomic E-state index is 14.0. The number of halogens is 2. The summed E-state index contributed by atoms with van der Waals surface area (Å²) in [6.07, 6.45) is 0.735. The van der Waals surface area contributed by atoms with Crippen LogP contribution in [0.25, 0.3) is 0 Å². The van der Waals surface area contributed by atoms with Crippen molar-refractivity contribution in [3.63, 3.8) is 0 Å². The molecule has 2 rings (SSSR count). The van der Waals surface area contributed by atoms with Crippen LogP contribution in [0.5, 0.6) is 0 Å². The summed E-state index contributed by atoms with van der Waals surface area (Å²) in [6, 6.07) is 3.42. The van der Waals surface area contributed by atoms with Crippen molar-refractivity contribution in [3.05, 3.63) is 35.4 Å². The van der Waals surface area contributed by atoms with Gasteiger partial charge in [0, 0.05) is 19.6 Å². The van der Waals surface area contributed by atoms with Crippen LogP contribution in [0.3, 0.4) is 0 Å². The molecule has 2 N–H and O–H groups in total. The number of carbonyl (C=O) groups is 1. The summed E-state index contributed by atoms with van der Waals surface area (Å²) in [4.78, 5) is 13.4. The Morgan fingerprint density at radius 3 is 2.55 bits per heavy atom. The number of hydrogen-bond donors (Lipinski definition) is 2. The van der Waals surface area contributed by atoms with Crippen molar-refractivity contribution >= 4 is 5.97 Å². The molecule has 0 bridgehead atoms. The lowest BCUT2D eigenvalue weighted by Crippen LogP contribution is -2.52. The number of benzene rings is 1. The zero-order valence-corrected chi connectivity index (χ0v) is 11.3. The van der Waals surface area contributed by atoms with Gasteiger partial charge in [-0.2, -0.15) is 0 Å². The fourth-order valence-electron chi connectivity index (χ4n) is 2.66. The van der Waals surface area contributed by atoms with Crippen molar-refractivity contribution in [2.75, 3.05) is 26.2 Å². The van der Waals surface area contributed by atoms with Crippen LogP contribution in [0.4, 0.5) is 8.78 Å². The maximum Gasteiger partial charge on any atom is 0.328 e. The molecule has 0 spiro atoms. The van der Waals surface area contributed by atoms with Crippen molar-refractivity contribution in [2.45, 2.75) is 18.9 Å². The molecule has 1 aliphatic rings. The van der Waals surface area contributed by atoms with Gasteiger partial charge in [0.05, 0.1) is 5.56 Å². The van der Waals surface area contributed by atoms with Crippen LogP contribution < -0.4 is 5.32 Å². The first-order chi connectivity index (χ1) is 9.48. The summed E-state index contributed by atoms with van der Waals surface area (Å²) in [5.74, 6) is -2.90. The van der Waals surface area contributed by atoms with Gasteiger partial charge in [-0.15, -0.1) is 0 Å². The van der Waals surface area contributed by atoms with Crippen LogP contribution in [-0.2, 0) is 10.3 Å². The molecule has 1 atom stereocenters. The fourth-order valence-corrected chi connectivity index (χ4v) is 2.66. The lowest BCUT2D eigenvalue weighted by Gasteiger charge is -2.37. The molecule has 0 aromatic heterocycles. The molecule has 1 aromatic carbocycles. The first-order valence-corrected chi connectivity index (χ1v) is 6.61. The van der Waals surface area contributed by atoms with Gasteiger partial charge in [-0.1, -0.05) is 6.07 Å². The second kappa shape index (κ2) is 5.85. The minimum absolute atomic E-state index is 0.394. The highest BCUT2D eigenvalue weighted by molar-refractivity contribution is 5.80. The number of nitrogens with one attached hydrogen (secondary N) is 1. The highest BCUT2D eigenvalue weighted by Crippen LogP contribution is 2.33. The summed E-state index contributed by atoms with van der Waals surface area (Å²) in [5.41, 5.74) is -2.10. The SMILES string of the molecule is CC(C(=O)O)(c1c(F)cccc1F)N1CCCNCC1. The molecule has 1 unspecified atom stereocenters. The number of hydrogen-bond acceptors (Lipinski definition) is 3. The fraction of sp³-hybridized carbons (Fsp3) is 0.500. The van der Waals surface area contributed by atoms with E-state index in [2.05, 4.69) is 5.32 Å². The lowest BCUT2D eigenvalue weighted by molar-refractivity contribution is -0.151. The minimum atomic E-state index is -1.71. The molecule has 20 heavy (non-hydrogen) atoms. The van der Waals surface area contributed by atoms with E-state index in [1.165, 1.54) is 13.0 Å². The third-order valence-corrected chi connectivity index (χ3v) is 3.84. The van der Waals surface area contributed by atoms with Gasteiger partial charge in [-0.25, -0.2) is 13.6 Å². The quantitative estimate of drug-likeness (QED) is 0.884. The molecule has 4 nitrogen and oxygen atoms in total. The van der Waals surface area contributed by atoms with Gasteiger partial charge in [0.1, 0.15) is 17.2 Å². The molecule has 0 aliphatic carbocycles. The summed E-state index contributed by atoms with van der Waals surface area (Å²) >= 11 is 0. The Hall–Kier alpha value is -1.53. The largest absolute Gasteiger partial charge is 0.480 e. The number of carboxylic acid groups (broad SMARTS) is 1. The minimum Gasteiger partial charge on any atom is -0.480 e. The summed E-state index contributed by atoms with van der Waals surface area (Å²) in [5, 5.41) is 12.7. The van der Waals surface area contributed by atoms with E-state index >= 15 is 0 Å². The summed E-state index contributed by atoms with van der Waals surface area (Å²) in [7, 11) is 0. The Balaban J connectivity index is 2.51. The monoisotopic (exact) mass is 284 g/mol. The van der Waals surface area contributed by atoms with Gasteiger partial charge in [-0.05, 0) is 32.0 Å². The van der Waals surface area contributed by atoms with Gasteiger partial charge < -0.3 is 10.4 Å². The molecule has 1 fully saturated rings. The topological polar surface area (TPSA) is 52.6 Å². The average molecular weight is 284 g/mol. The highest BCUT2D eigenvalue weighted by Gasteiger charge is 2.45. The van der Waals surface area contributed by atoms with E-state index in [0.717, 1.165) is 25.1 Å². The van der Waals surface area contributed by atoms with Crippen LogP contribution in [0, 0.1) is 11.6 Å². The van der Waals surface area contributed by atoms with Crippen molar-refractivity contribution in [2.24, 2.45) is 0 Å². The first kappa shape index (κ1) is 14.9. The van der Waals surface area contributed by atoms with Crippen LogP contribution in [-0.4, -0.2) is 42.2 Å². The third kappa shape index (κ3) is 2.53. The third-order valence-electron chi connectivity index (χ3n) is 3.84. The Morgan fingerprint density at radius 1 is 1.30 bits per heavy atom. The Kier molecular flexibility index (Phi) is 4.35. The molecule has 1 saturated heterocycles. The molecular weight excluding hydrogens is 266 g/mol. The smallest absolute Gasteiger partial charge is 0.328 e. The average Bonchev–Trinajstić information content (AvgIpc) is 2.67. The van der Waals surface area contributed by atoms with Crippen molar-refractivity contribution in [1.82, 2.24) is 10.2 Å². The number of aliphatic carboxylic acids is 1. The molecular formula is C14H18F2N2O2. The normalized spacial score (nSPS) is 20.1. The van der Waals surface area contributed by atoms with Gasteiger partial charge in [0.25, 0.3) is 0 Å². The number of carboxylic acids is 1. The number of nitrogens with zero attached hydrogens (tertiary/aromatic N) is 1. The van der Waals surface area contributed by atoms with Gasteiger partial charge in [0.15, 0.2) is 0 Å². The standard InChI is InChI=1S/C14H18F2N2O2/c1-14(13(19)20,18-8-3-6-17-7-9-18)12-10(15)4-2-5-11(12)16/h2,4-5,17H,3,6-9H2,1H3,(H,19,20). The van der Waals surface area contributed by atoms with Gasteiger partial charge in [0.2, 0.25) is 0 Å². The van der Waals surface area contributed by atoms with Crippen molar-refractivity contribution < 1.29 is 18.7 Å². The Morgan fingerprint density at radius 2 is 1.95 bits per heavy atom. The van der Waals surface area contributed by atoms with Gasteiger partial charge in [-0.3, -0.25) is 4.90 Å². The van der Waals surface area contributed by atoms with E-state index in [1.54, 1.807) is 4.90 Å². The van der Waals surface area contributed by atoms with Crippen LogP contribution >= 0.6 is 0 Å². The molecule has 1 heterocycles. The summed E-state index contributed by atoms with van der Waals surface area (Å²) in [6.45, 7) is 3.63. The molecule has 1 aliphatic heterocycles. The first-order valence-electron chi connectivity index (χ1n) is 6.61. The Labute approximate surface area is 116 Å². The predicted octanol–water partition coefficient (Wildman–Crippen LogP) is 1.56. The zero-order valence-electron chi connectivity index (χ0n) is 11.3. The van der Waals surface area contributed by atoms with E-state index < -0.39 is 28.7 Å². The zero-order chi connectivity index (χ0) is 14.8.